The van der Waals surface area contributed by atoms with E-state index in [1.54, 1.807) is 18.1 Å². The average molecular weight is 375 g/mol. The van der Waals surface area contributed by atoms with Crippen LogP contribution < -0.4 is 10.6 Å². The van der Waals surface area contributed by atoms with Gasteiger partial charge in [-0.2, -0.15) is 0 Å². The fourth-order valence-corrected chi connectivity index (χ4v) is 3.73. The summed E-state index contributed by atoms with van der Waals surface area (Å²) in [4.78, 5) is 12.2. The number of hydrogen-bond acceptors (Lipinski definition) is 6. The highest BCUT2D eigenvalue weighted by molar-refractivity contribution is 7.99. The number of nitrogens with zero attached hydrogens (tertiary/aromatic N) is 3. The molecule has 26 heavy (non-hydrogen) atoms. The zero-order valence-corrected chi connectivity index (χ0v) is 16.0. The third-order valence-corrected chi connectivity index (χ3v) is 5.53. The Morgan fingerprint density at radius 2 is 2.27 bits per heavy atom. The van der Waals surface area contributed by atoms with E-state index in [1.165, 1.54) is 0 Å². The Hall–Kier alpha value is -1.90. The Balaban J connectivity index is 1.53. The highest BCUT2D eigenvalue weighted by Crippen LogP contribution is 2.34. The van der Waals surface area contributed by atoms with Gasteiger partial charge in [0.2, 0.25) is 5.91 Å². The number of aryl methyl sites for hydroxylation is 1. The van der Waals surface area contributed by atoms with E-state index in [0.717, 1.165) is 42.3 Å². The molecule has 140 valence electrons. The first-order valence-electron chi connectivity index (χ1n) is 8.84. The quantitative estimate of drug-likeness (QED) is 0.723. The normalized spacial score (nSPS) is 16.4. The molecule has 1 aromatic heterocycles. The minimum absolute atomic E-state index is 0.0954. The van der Waals surface area contributed by atoms with E-state index in [1.807, 2.05) is 29.8 Å². The molecule has 1 amide bonds. The number of piperidine rings is 1. The van der Waals surface area contributed by atoms with Crippen LogP contribution in [0.4, 0.5) is 5.69 Å². The summed E-state index contributed by atoms with van der Waals surface area (Å²) in [7, 11) is 1.92. The summed E-state index contributed by atoms with van der Waals surface area (Å²) in [5.41, 5.74) is 1.90. The topological polar surface area (TPSA) is 81.1 Å². The Morgan fingerprint density at radius 3 is 3.00 bits per heavy atom. The van der Waals surface area contributed by atoms with Crippen LogP contribution in [0.2, 0.25) is 0 Å². The smallest absolute Gasteiger partial charge is 0.250 e. The molecule has 0 aliphatic carbocycles. The van der Waals surface area contributed by atoms with Crippen molar-refractivity contribution in [3.63, 3.8) is 0 Å². The first-order chi connectivity index (χ1) is 12.6. The maximum atomic E-state index is 12.2. The lowest BCUT2D eigenvalue weighted by Crippen LogP contribution is -2.34. The van der Waals surface area contributed by atoms with E-state index in [2.05, 4.69) is 33.8 Å². The molecule has 1 aliphatic heterocycles. The van der Waals surface area contributed by atoms with E-state index < -0.39 is 0 Å². The Morgan fingerprint density at radius 1 is 1.46 bits per heavy atom. The molecule has 3 rings (SSSR count). The van der Waals surface area contributed by atoms with E-state index in [0.29, 0.717) is 0 Å². The molecule has 1 fully saturated rings. The molecule has 1 aliphatic rings. The maximum Gasteiger partial charge on any atom is 0.250 e. The molecule has 2 aromatic rings. The van der Waals surface area contributed by atoms with Gasteiger partial charge in [-0.05, 0) is 50.6 Å². The zero-order valence-electron chi connectivity index (χ0n) is 15.1. The van der Waals surface area contributed by atoms with E-state index in [-0.39, 0.29) is 23.9 Å². The fraction of sp³-hybridized carbons (Fsp3) is 0.500. The highest BCUT2D eigenvalue weighted by Gasteiger charge is 2.15. The molecule has 1 saturated heterocycles. The number of nitrogens with one attached hydrogen (secondary N) is 2. The molecule has 7 nitrogen and oxygen atoms in total. The number of ether oxygens (including phenoxy) is 1. The summed E-state index contributed by atoms with van der Waals surface area (Å²) in [6, 6.07) is 7.89. The fourth-order valence-electron chi connectivity index (χ4n) is 2.83. The molecule has 0 spiro atoms. The van der Waals surface area contributed by atoms with Gasteiger partial charge in [-0.25, -0.2) is 0 Å². The van der Waals surface area contributed by atoms with E-state index >= 15 is 0 Å². The molecule has 1 aromatic carbocycles. The zero-order chi connectivity index (χ0) is 18.4. The minimum Gasteiger partial charge on any atom is -0.368 e. The van der Waals surface area contributed by atoms with Crippen LogP contribution in [0.15, 0.2) is 35.7 Å². The third-order valence-electron chi connectivity index (χ3n) is 4.33. The summed E-state index contributed by atoms with van der Waals surface area (Å²) in [6.45, 7) is 4.11. The molecule has 0 bridgehead atoms. The SMILES string of the molecule is CC(Sc1nncn1C)c1cccc(NC(=O)COC2CCNCC2)c1. The summed E-state index contributed by atoms with van der Waals surface area (Å²) < 4.78 is 7.60. The standard InChI is InChI=1S/C18H25N5O2S/c1-13(26-18-22-20-12-23(18)2)14-4-3-5-15(10-14)21-17(24)11-25-16-6-8-19-9-7-16/h3-5,10,12-13,16,19H,6-9,11H2,1-2H3,(H,21,24). The van der Waals surface area contributed by atoms with Crippen LogP contribution in [0.1, 0.15) is 30.6 Å². The van der Waals surface area contributed by atoms with Crippen molar-refractivity contribution in [3.8, 4) is 0 Å². The van der Waals surface area contributed by atoms with Crippen LogP contribution in [-0.4, -0.2) is 46.5 Å². The average Bonchev–Trinajstić information content (AvgIpc) is 3.06. The maximum absolute atomic E-state index is 12.2. The highest BCUT2D eigenvalue weighted by atomic mass is 32.2. The van der Waals surface area contributed by atoms with Crippen LogP contribution in [0.3, 0.4) is 0 Å². The summed E-state index contributed by atoms with van der Waals surface area (Å²) in [5.74, 6) is -0.116. The van der Waals surface area contributed by atoms with Crippen molar-refractivity contribution in [2.24, 2.45) is 7.05 Å². The predicted molar refractivity (Wildman–Crippen MR) is 102 cm³/mol. The van der Waals surface area contributed by atoms with Crippen LogP contribution in [0.25, 0.3) is 0 Å². The Kier molecular flexibility index (Phi) is 6.65. The number of carbonyl (C=O) groups is 1. The second-order valence-corrected chi connectivity index (χ2v) is 7.73. The van der Waals surface area contributed by atoms with Crippen LogP contribution >= 0.6 is 11.8 Å². The number of thioether (sulfide) groups is 1. The number of hydrogen-bond donors (Lipinski definition) is 2. The molecule has 1 atom stereocenters. The van der Waals surface area contributed by atoms with Gasteiger partial charge in [-0.3, -0.25) is 4.79 Å². The van der Waals surface area contributed by atoms with Gasteiger partial charge in [0, 0.05) is 18.0 Å². The number of aromatic nitrogens is 3. The molecule has 0 saturated carbocycles. The van der Waals surface area contributed by atoms with Crippen molar-refractivity contribution < 1.29 is 9.53 Å². The van der Waals surface area contributed by atoms with Crippen LogP contribution in [-0.2, 0) is 16.6 Å². The molecule has 1 unspecified atom stereocenters. The number of anilines is 1. The van der Waals surface area contributed by atoms with Gasteiger partial charge in [0.15, 0.2) is 5.16 Å². The lowest BCUT2D eigenvalue weighted by atomic mass is 10.1. The summed E-state index contributed by atoms with van der Waals surface area (Å²) in [5, 5.41) is 15.3. The largest absolute Gasteiger partial charge is 0.368 e. The molecule has 2 heterocycles. The Labute approximate surface area is 157 Å². The number of carbonyl (C=O) groups excluding carboxylic acids is 1. The van der Waals surface area contributed by atoms with Crippen molar-refractivity contribution in [1.29, 1.82) is 0 Å². The number of rotatable bonds is 7. The van der Waals surface area contributed by atoms with Gasteiger partial charge in [-0.1, -0.05) is 23.9 Å². The first kappa shape index (κ1) is 18.9. The van der Waals surface area contributed by atoms with Crippen molar-refractivity contribution in [1.82, 2.24) is 20.1 Å². The first-order valence-corrected chi connectivity index (χ1v) is 9.72. The molecular formula is C18H25N5O2S. The minimum atomic E-state index is -0.116. The monoisotopic (exact) mass is 375 g/mol. The van der Waals surface area contributed by atoms with Gasteiger partial charge in [-0.15, -0.1) is 10.2 Å². The Bertz CT molecular complexity index is 730. The van der Waals surface area contributed by atoms with Gasteiger partial charge in [0.25, 0.3) is 0 Å². The van der Waals surface area contributed by atoms with Crippen molar-refractivity contribution in [2.75, 3.05) is 25.0 Å². The van der Waals surface area contributed by atoms with E-state index in [9.17, 15) is 4.79 Å². The molecule has 2 N–H and O–H groups in total. The lowest BCUT2D eigenvalue weighted by Gasteiger charge is -2.22. The van der Waals surface area contributed by atoms with Crippen LogP contribution in [0, 0.1) is 0 Å². The summed E-state index contributed by atoms with van der Waals surface area (Å²) in [6.07, 6.45) is 3.78. The second-order valence-electron chi connectivity index (χ2n) is 6.42. The lowest BCUT2D eigenvalue weighted by molar-refractivity contribution is -0.123. The van der Waals surface area contributed by atoms with Gasteiger partial charge < -0.3 is 19.9 Å². The van der Waals surface area contributed by atoms with Gasteiger partial charge >= 0.3 is 0 Å². The van der Waals surface area contributed by atoms with E-state index in [4.69, 9.17) is 4.74 Å². The van der Waals surface area contributed by atoms with Crippen LogP contribution in [0.5, 0.6) is 0 Å². The number of benzene rings is 1. The molecular weight excluding hydrogens is 350 g/mol. The molecule has 0 radical (unpaired) electrons. The second kappa shape index (κ2) is 9.16. The van der Waals surface area contributed by atoms with Gasteiger partial charge in [0.1, 0.15) is 12.9 Å². The number of amides is 1. The van der Waals surface area contributed by atoms with Crippen molar-refractivity contribution in [3.05, 3.63) is 36.2 Å². The summed E-state index contributed by atoms with van der Waals surface area (Å²) >= 11 is 1.63. The third kappa shape index (κ3) is 5.30. The predicted octanol–water partition coefficient (Wildman–Crippen LogP) is 2.38. The van der Waals surface area contributed by atoms with Crippen molar-refractivity contribution >= 4 is 23.4 Å². The van der Waals surface area contributed by atoms with Crippen molar-refractivity contribution in [2.45, 2.75) is 36.3 Å². The molecule has 8 heteroatoms. The van der Waals surface area contributed by atoms with Gasteiger partial charge in [0.05, 0.1) is 6.10 Å².